The number of hydrogen-bond donors (Lipinski definition) is 1. The fourth-order valence-corrected chi connectivity index (χ4v) is 5.52. The van der Waals surface area contributed by atoms with Crippen LogP contribution in [0.15, 0.2) is 53.4 Å². The maximum atomic E-state index is 12.6. The van der Waals surface area contributed by atoms with Gasteiger partial charge < -0.3 is 0 Å². The lowest BCUT2D eigenvalue weighted by Gasteiger charge is -2.32. The molecule has 1 aliphatic rings. The molecule has 0 radical (unpaired) electrons. The predicted molar refractivity (Wildman–Crippen MR) is 102 cm³/mol. The van der Waals surface area contributed by atoms with Gasteiger partial charge in [0.2, 0.25) is 10.0 Å². The van der Waals surface area contributed by atoms with E-state index in [1.165, 1.54) is 17.7 Å². The van der Waals surface area contributed by atoms with Crippen LogP contribution in [-0.2, 0) is 16.6 Å². The molecular weight excluding hydrogens is 379 g/mol. The van der Waals surface area contributed by atoms with Crippen molar-refractivity contribution in [2.75, 3.05) is 13.1 Å². The first-order valence-electron chi connectivity index (χ1n) is 8.18. The van der Waals surface area contributed by atoms with Gasteiger partial charge in [-0.25, -0.2) is 13.1 Å². The highest BCUT2D eigenvalue weighted by Gasteiger charge is 2.27. The first-order chi connectivity index (χ1) is 12.0. The van der Waals surface area contributed by atoms with Crippen molar-refractivity contribution in [3.8, 4) is 0 Å². The summed E-state index contributed by atoms with van der Waals surface area (Å²) in [7, 11) is -3.73. The molecule has 1 fully saturated rings. The Balaban J connectivity index is 1.60. The van der Waals surface area contributed by atoms with Gasteiger partial charge in [-0.15, -0.1) is 0 Å². The van der Waals surface area contributed by atoms with Gasteiger partial charge in [-0.1, -0.05) is 59.6 Å². The molecule has 0 aliphatic carbocycles. The van der Waals surface area contributed by atoms with Gasteiger partial charge in [0.1, 0.15) is 4.90 Å². The molecule has 25 heavy (non-hydrogen) atoms. The monoisotopic (exact) mass is 398 g/mol. The van der Waals surface area contributed by atoms with E-state index in [2.05, 4.69) is 21.8 Å². The summed E-state index contributed by atoms with van der Waals surface area (Å²) in [5.74, 6) is 0. The molecule has 0 saturated carbocycles. The first-order valence-corrected chi connectivity index (χ1v) is 10.4. The number of rotatable bonds is 5. The number of sulfonamides is 1. The molecule has 134 valence electrons. The van der Waals surface area contributed by atoms with E-state index in [9.17, 15) is 8.42 Å². The number of nitrogens with one attached hydrogen (secondary N) is 1. The van der Waals surface area contributed by atoms with E-state index in [0.717, 1.165) is 32.5 Å². The van der Waals surface area contributed by atoms with Crippen molar-refractivity contribution >= 4 is 33.2 Å². The van der Waals surface area contributed by atoms with E-state index in [4.69, 9.17) is 23.2 Å². The Labute approximate surface area is 158 Å². The van der Waals surface area contributed by atoms with Crippen LogP contribution in [-0.4, -0.2) is 32.4 Å². The largest absolute Gasteiger partial charge is 0.299 e. The van der Waals surface area contributed by atoms with Crippen LogP contribution in [0.5, 0.6) is 0 Å². The summed E-state index contributed by atoms with van der Waals surface area (Å²) >= 11 is 12.1. The number of benzene rings is 2. The molecule has 0 bridgehead atoms. The van der Waals surface area contributed by atoms with Crippen molar-refractivity contribution in [3.63, 3.8) is 0 Å². The van der Waals surface area contributed by atoms with E-state index in [1.54, 1.807) is 6.07 Å². The lowest BCUT2D eigenvalue weighted by Crippen LogP contribution is -2.44. The van der Waals surface area contributed by atoms with E-state index in [-0.39, 0.29) is 21.0 Å². The summed E-state index contributed by atoms with van der Waals surface area (Å²) in [6, 6.07) is 14.9. The Morgan fingerprint density at radius 3 is 2.16 bits per heavy atom. The van der Waals surface area contributed by atoms with Gasteiger partial charge >= 0.3 is 0 Å². The van der Waals surface area contributed by atoms with E-state index in [0.29, 0.717) is 0 Å². The lowest BCUT2D eigenvalue weighted by atomic mass is 10.1. The van der Waals surface area contributed by atoms with E-state index >= 15 is 0 Å². The molecule has 1 N–H and O–H groups in total. The summed E-state index contributed by atoms with van der Waals surface area (Å²) < 4.78 is 28.0. The second-order valence-electron chi connectivity index (χ2n) is 6.21. The number of piperidine rings is 1. The second kappa shape index (κ2) is 8.06. The molecule has 0 unspecified atom stereocenters. The molecule has 0 spiro atoms. The van der Waals surface area contributed by atoms with Gasteiger partial charge in [-0.3, -0.25) is 4.90 Å². The summed E-state index contributed by atoms with van der Waals surface area (Å²) in [5.41, 5.74) is 1.27. The smallest absolute Gasteiger partial charge is 0.243 e. The predicted octanol–water partition coefficient (Wildman–Crippen LogP) is 3.94. The van der Waals surface area contributed by atoms with E-state index < -0.39 is 10.0 Å². The zero-order valence-electron chi connectivity index (χ0n) is 13.7. The zero-order valence-corrected chi connectivity index (χ0v) is 16.0. The van der Waals surface area contributed by atoms with Crippen LogP contribution in [0.2, 0.25) is 10.0 Å². The molecule has 0 amide bonds. The normalized spacial score (nSPS) is 16.9. The SMILES string of the molecule is O=S(=O)(NC1CCN(Cc2ccccc2)CC1)c1c(Cl)cccc1Cl. The van der Waals surface area contributed by atoms with Crippen LogP contribution in [0.3, 0.4) is 0 Å². The number of halogens is 2. The minimum atomic E-state index is -3.73. The quantitative estimate of drug-likeness (QED) is 0.829. The van der Waals surface area contributed by atoms with Crippen molar-refractivity contribution < 1.29 is 8.42 Å². The highest BCUT2D eigenvalue weighted by Crippen LogP contribution is 2.29. The van der Waals surface area contributed by atoms with Crippen LogP contribution in [0, 0.1) is 0 Å². The zero-order chi connectivity index (χ0) is 17.9. The van der Waals surface area contributed by atoms with Crippen LogP contribution < -0.4 is 4.72 Å². The Bertz CT molecular complexity index is 800. The molecule has 2 aromatic rings. The summed E-state index contributed by atoms with van der Waals surface area (Å²) in [6.07, 6.45) is 1.52. The van der Waals surface area contributed by atoms with Gasteiger partial charge in [0, 0.05) is 25.7 Å². The maximum Gasteiger partial charge on any atom is 0.243 e. The number of likely N-dealkylation sites (tertiary alicyclic amines) is 1. The summed E-state index contributed by atoms with van der Waals surface area (Å²) in [6.45, 7) is 2.58. The molecular formula is C18H20Cl2N2O2S. The fourth-order valence-electron chi connectivity index (χ4n) is 3.07. The summed E-state index contributed by atoms with van der Waals surface area (Å²) in [5, 5.41) is 0.281. The Morgan fingerprint density at radius 1 is 0.960 bits per heavy atom. The highest BCUT2D eigenvalue weighted by atomic mass is 35.5. The van der Waals surface area contributed by atoms with Gasteiger partial charge in [0.15, 0.2) is 0 Å². The average molecular weight is 399 g/mol. The van der Waals surface area contributed by atoms with Crippen LogP contribution in [0.1, 0.15) is 18.4 Å². The lowest BCUT2D eigenvalue weighted by molar-refractivity contribution is 0.200. The third kappa shape index (κ3) is 4.74. The molecule has 1 aliphatic heterocycles. The molecule has 0 aromatic heterocycles. The molecule has 7 heteroatoms. The van der Waals surface area contributed by atoms with Crippen molar-refractivity contribution in [3.05, 3.63) is 64.1 Å². The first kappa shape index (κ1) is 18.7. The highest BCUT2D eigenvalue weighted by molar-refractivity contribution is 7.89. The molecule has 1 saturated heterocycles. The van der Waals surface area contributed by atoms with Crippen molar-refractivity contribution in [2.45, 2.75) is 30.3 Å². The second-order valence-corrected chi connectivity index (χ2v) is 8.67. The standard InChI is InChI=1S/C18H20Cl2N2O2S/c19-16-7-4-8-17(20)18(16)25(23,24)21-15-9-11-22(12-10-15)13-14-5-2-1-3-6-14/h1-8,15,21H,9-13H2. The van der Waals surface area contributed by atoms with Gasteiger partial charge in [0.05, 0.1) is 10.0 Å². The van der Waals surface area contributed by atoms with Crippen LogP contribution >= 0.6 is 23.2 Å². The Hall–Kier alpha value is -1.11. The minimum Gasteiger partial charge on any atom is -0.299 e. The number of nitrogens with zero attached hydrogens (tertiary/aromatic N) is 1. The Kier molecular flexibility index (Phi) is 6.02. The third-order valence-electron chi connectivity index (χ3n) is 4.35. The third-order valence-corrected chi connectivity index (χ3v) is 6.82. The molecule has 3 rings (SSSR count). The maximum absolute atomic E-state index is 12.6. The molecule has 4 nitrogen and oxygen atoms in total. The van der Waals surface area contributed by atoms with Gasteiger partial charge in [-0.05, 0) is 30.5 Å². The minimum absolute atomic E-state index is 0.0370. The van der Waals surface area contributed by atoms with Gasteiger partial charge in [-0.2, -0.15) is 0 Å². The van der Waals surface area contributed by atoms with E-state index in [1.807, 2.05) is 18.2 Å². The van der Waals surface area contributed by atoms with Gasteiger partial charge in [0.25, 0.3) is 0 Å². The average Bonchev–Trinajstić information content (AvgIpc) is 2.57. The Morgan fingerprint density at radius 2 is 1.56 bits per heavy atom. The van der Waals surface area contributed by atoms with Crippen LogP contribution in [0.25, 0.3) is 0 Å². The summed E-state index contributed by atoms with van der Waals surface area (Å²) in [4.78, 5) is 2.30. The van der Waals surface area contributed by atoms with Crippen molar-refractivity contribution in [1.82, 2.24) is 9.62 Å². The fraction of sp³-hybridized carbons (Fsp3) is 0.333. The molecule has 1 heterocycles. The van der Waals surface area contributed by atoms with Crippen molar-refractivity contribution in [1.29, 1.82) is 0 Å². The number of hydrogen-bond acceptors (Lipinski definition) is 3. The molecule has 0 atom stereocenters. The topological polar surface area (TPSA) is 49.4 Å². The van der Waals surface area contributed by atoms with Crippen molar-refractivity contribution in [2.24, 2.45) is 0 Å². The van der Waals surface area contributed by atoms with Crippen LogP contribution in [0.4, 0.5) is 0 Å². The molecule has 2 aromatic carbocycles.